The summed E-state index contributed by atoms with van der Waals surface area (Å²) >= 11 is 12.1. The number of hydrogen-bond acceptors (Lipinski definition) is 3. The van der Waals surface area contributed by atoms with Crippen LogP contribution in [0.15, 0.2) is 42.7 Å². The van der Waals surface area contributed by atoms with Gasteiger partial charge in [0.1, 0.15) is 0 Å². The molecule has 148 valence electrons. The van der Waals surface area contributed by atoms with Crippen molar-refractivity contribution in [2.24, 2.45) is 0 Å². The summed E-state index contributed by atoms with van der Waals surface area (Å²) in [4.78, 5) is 30.3. The number of hydrogen-bond donors (Lipinski definition) is 2. The van der Waals surface area contributed by atoms with Gasteiger partial charge >= 0.3 is 6.03 Å². The third-order valence-corrected chi connectivity index (χ3v) is 5.61. The molecule has 1 aromatic heterocycles. The van der Waals surface area contributed by atoms with E-state index in [0.29, 0.717) is 41.7 Å². The van der Waals surface area contributed by atoms with Crippen LogP contribution in [0.25, 0.3) is 0 Å². The molecule has 1 aliphatic heterocycles. The minimum Gasteiger partial charge on any atom is -0.338 e. The smallest absolute Gasteiger partial charge is 0.315 e. The standard InChI is InChI=1S/C20H22Cl2N4O2/c21-17-3-1-2-14(18(17)22)6-11-24-20(28)25-16-7-12-26(13-8-16)19(27)15-4-9-23-10-5-15/h1-5,9-10,16H,6-8,11-13H2,(H2,24,25,28). The topological polar surface area (TPSA) is 74.3 Å². The Bertz CT molecular complexity index is 824. The molecule has 0 unspecified atom stereocenters. The Hall–Kier alpha value is -2.31. The van der Waals surface area contributed by atoms with Crippen LogP contribution in [0.2, 0.25) is 10.0 Å². The van der Waals surface area contributed by atoms with Crippen molar-refractivity contribution < 1.29 is 9.59 Å². The van der Waals surface area contributed by atoms with Gasteiger partial charge in [-0.15, -0.1) is 0 Å². The lowest BCUT2D eigenvalue weighted by atomic mass is 10.0. The molecule has 1 aliphatic rings. The van der Waals surface area contributed by atoms with Crippen molar-refractivity contribution in [1.29, 1.82) is 0 Å². The summed E-state index contributed by atoms with van der Waals surface area (Å²) in [6.45, 7) is 1.69. The van der Waals surface area contributed by atoms with Gasteiger partial charge in [0.25, 0.3) is 5.91 Å². The Labute approximate surface area is 174 Å². The molecule has 2 heterocycles. The number of piperidine rings is 1. The van der Waals surface area contributed by atoms with E-state index in [1.807, 2.05) is 17.0 Å². The lowest BCUT2D eigenvalue weighted by molar-refractivity contribution is 0.0708. The first-order chi connectivity index (χ1) is 13.5. The average Bonchev–Trinajstić information content (AvgIpc) is 2.72. The monoisotopic (exact) mass is 420 g/mol. The molecule has 0 aliphatic carbocycles. The summed E-state index contributed by atoms with van der Waals surface area (Å²) in [5.41, 5.74) is 1.54. The maximum atomic E-state index is 12.4. The first kappa shape index (κ1) is 20.4. The minimum atomic E-state index is -0.211. The molecule has 3 rings (SSSR count). The quantitative estimate of drug-likeness (QED) is 0.776. The van der Waals surface area contributed by atoms with Crippen molar-refractivity contribution in [3.63, 3.8) is 0 Å². The van der Waals surface area contributed by atoms with Crippen LogP contribution in [-0.2, 0) is 6.42 Å². The first-order valence-electron chi connectivity index (χ1n) is 9.21. The van der Waals surface area contributed by atoms with Crippen molar-refractivity contribution in [1.82, 2.24) is 20.5 Å². The third kappa shape index (κ3) is 5.36. The molecule has 0 radical (unpaired) electrons. The fourth-order valence-corrected chi connectivity index (χ4v) is 3.61. The van der Waals surface area contributed by atoms with E-state index in [1.165, 1.54) is 0 Å². The summed E-state index contributed by atoms with van der Waals surface area (Å²) in [5, 5.41) is 6.86. The van der Waals surface area contributed by atoms with Crippen LogP contribution in [0.5, 0.6) is 0 Å². The highest BCUT2D eigenvalue weighted by Crippen LogP contribution is 2.25. The van der Waals surface area contributed by atoms with Gasteiger partial charge in [0.2, 0.25) is 0 Å². The number of pyridine rings is 1. The van der Waals surface area contributed by atoms with E-state index in [2.05, 4.69) is 15.6 Å². The number of benzene rings is 1. The van der Waals surface area contributed by atoms with E-state index in [-0.39, 0.29) is 18.0 Å². The van der Waals surface area contributed by atoms with Gasteiger partial charge < -0.3 is 15.5 Å². The van der Waals surface area contributed by atoms with E-state index in [0.717, 1.165) is 18.4 Å². The summed E-state index contributed by atoms with van der Waals surface area (Å²) in [6.07, 6.45) is 5.28. The van der Waals surface area contributed by atoms with Crippen LogP contribution in [0.1, 0.15) is 28.8 Å². The minimum absolute atomic E-state index is 0.00343. The van der Waals surface area contributed by atoms with Gasteiger partial charge in [-0.05, 0) is 43.0 Å². The number of rotatable bonds is 5. The fraction of sp³-hybridized carbons (Fsp3) is 0.350. The van der Waals surface area contributed by atoms with E-state index in [4.69, 9.17) is 23.2 Å². The predicted octanol–water partition coefficient (Wildman–Crippen LogP) is 3.53. The molecule has 1 fully saturated rings. The number of likely N-dealkylation sites (tertiary alicyclic amines) is 1. The molecule has 3 amide bonds. The second-order valence-electron chi connectivity index (χ2n) is 6.67. The molecular weight excluding hydrogens is 399 g/mol. The molecule has 1 aromatic carbocycles. The highest BCUT2D eigenvalue weighted by Gasteiger charge is 2.24. The molecule has 1 saturated heterocycles. The average molecular weight is 421 g/mol. The number of carbonyl (C=O) groups excluding carboxylic acids is 2. The molecule has 2 aromatic rings. The van der Waals surface area contributed by atoms with Crippen molar-refractivity contribution >= 4 is 35.1 Å². The second kappa shape index (κ2) is 9.75. The Morgan fingerprint density at radius 2 is 1.82 bits per heavy atom. The number of amides is 3. The number of urea groups is 1. The van der Waals surface area contributed by atoms with Crippen LogP contribution < -0.4 is 10.6 Å². The van der Waals surface area contributed by atoms with Gasteiger partial charge in [-0.2, -0.15) is 0 Å². The maximum Gasteiger partial charge on any atom is 0.315 e. The Morgan fingerprint density at radius 3 is 2.54 bits per heavy atom. The number of nitrogens with zero attached hydrogens (tertiary/aromatic N) is 2. The number of carbonyl (C=O) groups is 2. The highest BCUT2D eigenvalue weighted by molar-refractivity contribution is 6.42. The van der Waals surface area contributed by atoms with Crippen LogP contribution in [-0.4, -0.2) is 47.5 Å². The van der Waals surface area contributed by atoms with Crippen LogP contribution in [0.4, 0.5) is 4.79 Å². The fourth-order valence-electron chi connectivity index (χ4n) is 3.19. The van der Waals surface area contributed by atoms with Crippen LogP contribution >= 0.6 is 23.2 Å². The lowest BCUT2D eigenvalue weighted by Crippen LogP contribution is -2.49. The normalized spacial score (nSPS) is 14.6. The summed E-state index contributed by atoms with van der Waals surface area (Å²) in [6, 6.07) is 8.74. The van der Waals surface area contributed by atoms with Crippen LogP contribution in [0, 0.1) is 0 Å². The third-order valence-electron chi connectivity index (χ3n) is 4.76. The zero-order valence-corrected chi connectivity index (χ0v) is 16.8. The maximum absolute atomic E-state index is 12.4. The van der Waals surface area contributed by atoms with E-state index in [9.17, 15) is 9.59 Å². The van der Waals surface area contributed by atoms with Crippen molar-refractivity contribution in [2.45, 2.75) is 25.3 Å². The molecule has 0 spiro atoms. The predicted molar refractivity (Wildman–Crippen MR) is 110 cm³/mol. The Kier molecular flexibility index (Phi) is 7.12. The Morgan fingerprint density at radius 1 is 1.11 bits per heavy atom. The molecule has 0 atom stereocenters. The first-order valence-corrected chi connectivity index (χ1v) is 9.96. The summed E-state index contributed by atoms with van der Waals surface area (Å²) in [5.74, 6) is 0.00343. The van der Waals surface area contributed by atoms with Crippen molar-refractivity contribution in [2.75, 3.05) is 19.6 Å². The van der Waals surface area contributed by atoms with Crippen molar-refractivity contribution in [3.05, 3.63) is 63.9 Å². The number of aromatic nitrogens is 1. The van der Waals surface area contributed by atoms with Gasteiger partial charge in [0.15, 0.2) is 0 Å². The van der Waals surface area contributed by atoms with Gasteiger partial charge in [-0.25, -0.2) is 4.79 Å². The highest BCUT2D eigenvalue weighted by atomic mass is 35.5. The number of halogens is 2. The molecule has 28 heavy (non-hydrogen) atoms. The lowest BCUT2D eigenvalue weighted by Gasteiger charge is -2.32. The molecule has 0 bridgehead atoms. The zero-order chi connectivity index (χ0) is 19.9. The van der Waals surface area contributed by atoms with Gasteiger partial charge in [0, 0.05) is 43.6 Å². The largest absolute Gasteiger partial charge is 0.338 e. The second-order valence-corrected chi connectivity index (χ2v) is 7.45. The molecule has 2 N–H and O–H groups in total. The number of nitrogens with one attached hydrogen (secondary N) is 2. The van der Waals surface area contributed by atoms with Gasteiger partial charge in [-0.3, -0.25) is 9.78 Å². The SMILES string of the molecule is O=C(NCCc1cccc(Cl)c1Cl)NC1CCN(C(=O)c2ccncc2)CC1. The molecule has 0 saturated carbocycles. The molecular formula is C20H22Cl2N4O2. The van der Waals surface area contributed by atoms with Crippen LogP contribution in [0.3, 0.4) is 0 Å². The molecule has 8 heteroatoms. The van der Waals surface area contributed by atoms with Gasteiger partial charge in [-0.1, -0.05) is 35.3 Å². The Balaban J connectivity index is 1.39. The summed E-state index contributed by atoms with van der Waals surface area (Å²) in [7, 11) is 0. The van der Waals surface area contributed by atoms with E-state index in [1.54, 1.807) is 30.6 Å². The van der Waals surface area contributed by atoms with E-state index < -0.39 is 0 Å². The summed E-state index contributed by atoms with van der Waals surface area (Å²) < 4.78 is 0. The zero-order valence-electron chi connectivity index (χ0n) is 15.3. The molecule has 6 nitrogen and oxygen atoms in total. The van der Waals surface area contributed by atoms with Gasteiger partial charge in [0.05, 0.1) is 10.0 Å². The van der Waals surface area contributed by atoms with E-state index >= 15 is 0 Å². The van der Waals surface area contributed by atoms with Crippen molar-refractivity contribution in [3.8, 4) is 0 Å².